The van der Waals surface area contributed by atoms with Gasteiger partial charge in [0.1, 0.15) is 0 Å². The molecule has 29 heavy (non-hydrogen) atoms. The van der Waals surface area contributed by atoms with Crippen LogP contribution in [-0.2, 0) is 17.8 Å². The van der Waals surface area contributed by atoms with Crippen molar-refractivity contribution >= 4 is 40.4 Å². The average Bonchev–Trinajstić information content (AvgIpc) is 3.34. The number of thiophene rings is 1. The Morgan fingerprint density at radius 3 is 2.66 bits per heavy atom. The maximum Gasteiger partial charge on any atom is 0.269 e. The van der Waals surface area contributed by atoms with Crippen molar-refractivity contribution < 1.29 is 9.72 Å². The molecule has 10 heteroatoms. The summed E-state index contributed by atoms with van der Waals surface area (Å²) in [5, 5.41) is 24.9. The number of nitro groups is 1. The third-order valence-corrected chi connectivity index (χ3v) is 6.17. The van der Waals surface area contributed by atoms with Gasteiger partial charge in [0.05, 0.1) is 10.7 Å². The minimum Gasteiger partial charge on any atom is -0.325 e. The van der Waals surface area contributed by atoms with Gasteiger partial charge in [0.2, 0.25) is 5.91 Å². The highest BCUT2D eigenvalue weighted by Gasteiger charge is 2.16. The smallest absolute Gasteiger partial charge is 0.269 e. The zero-order valence-electron chi connectivity index (χ0n) is 16.1. The van der Waals surface area contributed by atoms with Gasteiger partial charge < -0.3 is 9.88 Å². The van der Waals surface area contributed by atoms with Crippen LogP contribution in [0, 0.1) is 10.1 Å². The molecule has 0 unspecified atom stereocenters. The lowest BCUT2D eigenvalue weighted by molar-refractivity contribution is -0.384. The topological polar surface area (TPSA) is 103 Å². The predicted octanol–water partition coefficient (Wildman–Crippen LogP) is 4.62. The van der Waals surface area contributed by atoms with Gasteiger partial charge in [0.15, 0.2) is 11.0 Å². The number of thioether (sulfide) groups is 1. The van der Waals surface area contributed by atoms with Crippen molar-refractivity contribution in [1.82, 2.24) is 14.8 Å². The summed E-state index contributed by atoms with van der Waals surface area (Å²) in [4.78, 5) is 23.8. The molecule has 0 radical (unpaired) electrons. The molecular formula is C19H21N5O3S2. The number of amides is 1. The Hall–Kier alpha value is -2.72. The molecule has 0 saturated carbocycles. The largest absolute Gasteiger partial charge is 0.325 e. The number of nitrogens with one attached hydrogen (secondary N) is 1. The van der Waals surface area contributed by atoms with Gasteiger partial charge in [-0.15, -0.1) is 21.5 Å². The highest BCUT2D eigenvalue weighted by atomic mass is 32.2. The minimum absolute atomic E-state index is 0.0165. The molecule has 152 valence electrons. The van der Waals surface area contributed by atoms with E-state index < -0.39 is 4.92 Å². The maximum absolute atomic E-state index is 12.3. The number of non-ortho nitro benzene ring substituents is 1. The SMILES string of the molecule is CCCn1c(SCC(=O)Nc2ccc([N+](=O)[O-])cc2)nnc1-c1csc(CC)c1. The van der Waals surface area contributed by atoms with Crippen LogP contribution in [0.1, 0.15) is 25.1 Å². The molecule has 0 saturated heterocycles. The van der Waals surface area contributed by atoms with E-state index in [4.69, 9.17) is 0 Å². The number of rotatable bonds is 9. The summed E-state index contributed by atoms with van der Waals surface area (Å²) < 4.78 is 2.05. The second kappa shape index (κ2) is 9.66. The molecular weight excluding hydrogens is 410 g/mol. The first kappa shape index (κ1) is 21.0. The molecule has 2 aromatic heterocycles. The molecule has 0 fully saturated rings. The molecule has 0 spiro atoms. The summed E-state index contributed by atoms with van der Waals surface area (Å²) in [5.74, 6) is 0.782. The Bertz CT molecular complexity index is 998. The van der Waals surface area contributed by atoms with Crippen molar-refractivity contribution in [3.63, 3.8) is 0 Å². The highest BCUT2D eigenvalue weighted by molar-refractivity contribution is 7.99. The number of anilines is 1. The van der Waals surface area contributed by atoms with Crippen molar-refractivity contribution in [2.24, 2.45) is 0 Å². The molecule has 3 aromatic rings. The number of nitrogens with zero attached hydrogens (tertiary/aromatic N) is 4. The number of hydrogen-bond donors (Lipinski definition) is 1. The number of benzene rings is 1. The van der Waals surface area contributed by atoms with Gasteiger partial charge in [-0.2, -0.15) is 0 Å². The highest BCUT2D eigenvalue weighted by Crippen LogP contribution is 2.28. The van der Waals surface area contributed by atoms with Crippen LogP contribution < -0.4 is 5.32 Å². The van der Waals surface area contributed by atoms with Crippen LogP contribution in [0.3, 0.4) is 0 Å². The summed E-state index contributed by atoms with van der Waals surface area (Å²) in [6.07, 6.45) is 1.91. The molecule has 8 nitrogen and oxygen atoms in total. The fourth-order valence-corrected chi connectivity index (χ4v) is 4.29. The second-order valence-electron chi connectivity index (χ2n) is 6.25. The number of carbonyl (C=O) groups is 1. The number of carbonyl (C=O) groups excluding carboxylic acids is 1. The van der Waals surface area contributed by atoms with Gasteiger partial charge in [-0.1, -0.05) is 25.6 Å². The van der Waals surface area contributed by atoms with E-state index in [0.29, 0.717) is 10.8 Å². The number of nitro benzene ring substituents is 1. The van der Waals surface area contributed by atoms with Gasteiger partial charge >= 0.3 is 0 Å². The van der Waals surface area contributed by atoms with Gasteiger partial charge in [-0.3, -0.25) is 14.9 Å². The quantitative estimate of drug-likeness (QED) is 0.301. The molecule has 1 N–H and O–H groups in total. The molecule has 3 rings (SSSR count). The number of aromatic nitrogens is 3. The molecule has 0 atom stereocenters. The third-order valence-electron chi connectivity index (χ3n) is 4.12. The van der Waals surface area contributed by atoms with Gasteiger partial charge in [-0.05, 0) is 31.0 Å². The van der Waals surface area contributed by atoms with Crippen LogP contribution >= 0.6 is 23.1 Å². The normalized spacial score (nSPS) is 10.8. The van der Waals surface area contributed by atoms with Crippen LogP contribution in [0.15, 0.2) is 40.9 Å². The van der Waals surface area contributed by atoms with Crippen LogP contribution in [0.4, 0.5) is 11.4 Å². The van der Waals surface area contributed by atoms with Gasteiger partial charge in [-0.25, -0.2) is 0 Å². The van der Waals surface area contributed by atoms with E-state index in [1.807, 2.05) is 4.57 Å². The first-order valence-electron chi connectivity index (χ1n) is 9.19. The summed E-state index contributed by atoms with van der Waals surface area (Å²) in [5.41, 5.74) is 1.55. The Balaban J connectivity index is 1.66. The van der Waals surface area contributed by atoms with Crippen molar-refractivity contribution in [1.29, 1.82) is 0 Å². The first-order chi connectivity index (χ1) is 14.0. The first-order valence-corrected chi connectivity index (χ1v) is 11.1. The molecule has 0 aliphatic rings. The second-order valence-corrected chi connectivity index (χ2v) is 8.19. The Labute approximate surface area is 176 Å². The zero-order chi connectivity index (χ0) is 20.8. The lowest BCUT2D eigenvalue weighted by Crippen LogP contribution is -2.14. The Kier molecular flexibility index (Phi) is 6.99. The summed E-state index contributed by atoms with van der Waals surface area (Å²) in [6.45, 7) is 4.98. The van der Waals surface area contributed by atoms with Crippen LogP contribution in [0.25, 0.3) is 11.4 Å². The lowest BCUT2D eigenvalue weighted by Gasteiger charge is -2.08. The monoisotopic (exact) mass is 431 g/mol. The average molecular weight is 432 g/mol. The molecule has 1 aromatic carbocycles. The van der Waals surface area contributed by atoms with Crippen molar-refractivity contribution in [2.45, 2.75) is 38.4 Å². The molecule has 1 amide bonds. The van der Waals surface area contributed by atoms with Crippen LogP contribution in [0.5, 0.6) is 0 Å². The maximum atomic E-state index is 12.3. The number of hydrogen-bond acceptors (Lipinski definition) is 7. The van der Waals surface area contributed by atoms with E-state index >= 15 is 0 Å². The fraction of sp³-hybridized carbons (Fsp3) is 0.316. The zero-order valence-corrected chi connectivity index (χ0v) is 17.8. The van der Waals surface area contributed by atoms with Gasteiger partial charge in [0.25, 0.3) is 5.69 Å². The summed E-state index contributed by atoms with van der Waals surface area (Å²) >= 11 is 3.03. The Morgan fingerprint density at radius 1 is 1.28 bits per heavy atom. The molecule has 2 heterocycles. The van der Waals surface area contributed by atoms with E-state index in [9.17, 15) is 14.9 Å². The summed E-state index contributed by atoms with van der Waals surface area (Å²) in [7, 11) is 0. The molecule has 0 bridgehead atoms. The fourth-order valence-electron chi connectivity index (χ4n) is 2.71. The number of aryl methyl sites for hydroxylation is 1. The van der Waals surface area contributed by atoms with Gasteiger partial charge in [0, 0.05) is 40.2 Å². The van der Waals surface area contributed by atoms with E-state index in [1.165, 1.54) is 40.9 Å². The minimum atomic E-state index is -0.476. The lowest BCUT2D eigenvalue weighted by atomic mass is 10.2. The standard InChI is InChI=1S/C19H21N5O3S2/c1-3-9-23-18(13-10-16(4-2)28-11-13)21-22-19(23)29-12-17(25)20-14-5-7-15(8-6-14)24(26)27/h5-8,10-11H,3-4,9,12H2,1-2H3,(H,20,25). The molecule has 0 aliphatic heterocycles. The van der Waals surface area contributed by atoms with Crippen molar-refractivity contribution in [3.8, 4) is 11.4 Å². The van der Waals surface area contributed by atoms with Crippen LogP contribution in [0.2, 0.25) is 0 Å². The van der Waals surface area contributed by atoms with E-state index in [0.717, 1.165) is 30.8 Å². The summed E-state index contributed by atoms with van der Waals surface area (Å²) in [6, 6.07) is 7.88. The predicted molar refractivity (Wildman–Crippen MR) is 115 cm³/mol. The molecule has 0 aliphatic carbocycles. The van der Waals surface area contributed by atoms with Crippen molar-refractivity contribution in [3.05, 3.63) is 50.7 Å². The van der Waals surface area contributed by atoms with Crippen LogP contribution in [-0.4, -0.2) is 31.3 Å². The van der Waals surface area contributed by atoms with E-state index in [2.05, 4.69) is 40.8 Å². The van der Waals surface area contributed by atoms with Crippen molar-refractivity contribution in [2.75, 3.05) is 11.1 Å². The Morgan fingerprint density at radius 2 is 2.03 bits per heavy atom. The van der Waals surface area contributed by atoms with E-state index in [-0.39, 0.29) is 17.3 Å². The van der Waals surface area contributed by atoms with E-state index in [1.54, 1.807) is 11.3 Å². The third kappa shape index (κ3) is 5.21.